The number of carboxylic acids is 1. The zero-order valence-corrected chi connectivity index (χ0v) is 13.3. The highest BCUT2D eigenvalue weighted by Gasteiger charge is 2.27. The lowest BCUT2D eigenvalue weighted by atomic mass is 9.87. The van der Waals surface area contributed by atoms with Crippen molar-refractivity contribution in [2.75, 3.05) is 18.0 Å². The van der Waals surface area contributed by atoms with Crippen molar-refractivity contribution in [1.82, 2.24) is 4.98 Å². The van der Waals surface area contributed by atoms with Gasteiger partial charge in [0.05, 0.1) is 5.92 Å². The molecule has 2 heterocycles. The summed E-state index contributed by atoms with van der Waals surface area (Å²) in [5.74, 6) is -0.944. The van der Waals surface area contributed by atoms with Gasteiger partial charge in [0, 0.05) is 13.1 Å². The number of benzene rings is 1. The first-order valence-corrected chi connectivity index (χ1v) is 7.73. The van der Waals surface area contributed by atoms with Crippen molar-refractivity contribution in [2.45, 2.75) is 39.0 Å². The van der Waals surface area contributed by atoms with Crippen LogP contribution in [0.2, 0.25) is 0 Å². The molecular weight excluding hydrogens is 280 g/mol. The fourth-order valence-corrected chi connectivity index (χ4v) is 2.83. The van der Waals surface area contributed by atoms with Crippen LogP contribution in [0.15, 0.2) is 22.6 Å². The van der Waals surface area contributed by atoms with Crippen LogP contribution in [0.5, 0.6) is 0 Å². The van der Waals surface area contributed by atoms with Crippen molar-refractivity contribution < 1.29 is 14.3 Å². The SMILES string of the molecule is CC(C)(C)c1ccc2oc(N3CCC(C(=O)O)CC3)nc2c1. The zero-order valence-electron chi connectivity index (χ0n) is 13.3. The zero-order chi connectivity index (χ0) is 15.9. The van der Waals surface area contributed by atoms with E-state index in [4.69, 9.17) is 9.52 Å². The predicted molar refractivity (Wildman–Crippen MR) is 85.3 cm³/mol. The van der Waals surface area contributed by atoms with E-state index in [9.17, 15) is 4.79 Å². The molecule has 1 fully saturated rings. The molecule has 1 aromatic heterocycles. The minimum Gasteiger partial charge on any atom is -0.481 e. The fraction of sp³-hybridized carbons (Fsp3) is 0.529. The summed E-state index contributed by atoms with van der Waals surface area (Å²) in [6, 6.07) is 6.72. The molecule has 1 aliphatic heterocycles. The van der Waals surface area contributed by atoms with Crippen molar-refractivity contribution >= 4 is 23.1 Å². The monoisotopic (exact) mass is 302 g/mol. The Bertz CT molecular complexity index is 691. The number of nitrogens with zero attached hydrogens (tertiary/aromatic N) is 2. The lowest BCUT2D eigenvalue weighted by Crippen LogP contribution is -2.36. The minimum absolute atomic E-state index is 0.0765. The van der Waals surface area contributed by atoms with E-state index in [1.54, 1.807) is 0 Å². The molecule has 0 radical (unpaired) electrons. The fourth-order valence-electron chi connectivity index (χ4n) is 2.83. The second-order valence-electron chi connectivity index (χ2n) is 7.03. The lowest BCUT2D eigenvalue weighted by Gasteiger charge is -2.28. The topological polar surface area (TPSA) is 66.6 Å². The molecular formula is C17H22N2O3. The van der Waals surface area contributed by atoms with Crippen LogP contribution in [0.3, 0.4) is 0 Å². The number of hydrogen-bond donors (Lipinski definition) is 1. The third-order valence-corrected chi connectivity index (χ3v) is 4.36. The van der Waals surface area contributed by atoms with Crippen molar-refractivity contribution in [3.63, 3.8) is 0 Å². The van der Waals surface area contributed by atoms with Crippen LogP contribution >= 0.6 is 0 Å². The Kier molecular flexibility index (Phi) is 3.59. The third kappa shape index (κ3) is 2.80. The van der Waals surface area contributed by atoms with E-state index in [1.807, 2.05) is 11.0 Å². The summed E-state index contributed by atoms with van der Waals surface area (Å²) in [6.45, 7) is 7.87. The van der Waals surface area contributed by atoms with Gasteiger partial charge in [-0.2, -0.15) is 4.98 Å². The van der Waals surface area contributed by atoms with Crippen LogP contribution in [0.25, 0.3) is 11.1 Å². The highest BCUT2D eigenvalue weighted by atomic mass is 16.4. The molecule has 2 aromatic rings. The molecule has 0 saturated carbocycles. The first-order chi connectivity index (χ1) is 10.3. The number of rotatable bonds is 2. The third-order valence-electron chi connectivity index (χ3n) is 4.36. The summed E-state index contributed by atoms with van der Waals surface area (Å²) in [7, 11) is 0. The molecule has 1 saturated heterocycles. The summed E-state index contributed by atoms with van der Waals surface area (Å²) in [5.41, 5.74) is 2.95. The van der Waals surface area contributed by atoms with Gasteiger partial charge < -0.3 is 14.4 Å². The van der Waals surface area contributed by atoms with E-state index in [-0.39, 0.29) is 11.3 Å². The van der Waals surface area contributed by atoms with E-state index in [0.717, 1.165) is 11.1 Å². The average Bonchev–Trinajstić information content (AvgIpc) is 2.89. The number of piperidine rings is 1. The molecule has 0 bridgehead atoms. The summed E-state index contributed by atoms with van der Waals surface area (Å²) >= 11 is 0. The molecule has 0 aliphatic carbocycles. The molecule has 0 unspecified atom stereocenters. The van der Waals surface area contributed by atoms with Crippen LogP contribution in [0.1, 0.15) is 39.2 Å². The van der Waals surface area contributed by atoms with Crippen molar-refractivity contribution in [1.29, 1.82) is 0 Å². The van der Waals surface area contributed by atoms with Gasteiger partial charge in [0.2, 0.25) is 0 Å². The highest BCUT2D eigenvalue weighted by molar-refractivity contribution is 5.76. The Morgan fingerprint density at radius 1 is 1.32 bits per heavy atom. The second-order valence-corrected chi connectivity index (χ2v) is 7.03. The van der Waals surface area contributed by atoms with Gasteiger partial charge in [-0.15, -0.1) is 0 Å². The van der Waals surface area contributed by atoms with Gasteiger partial charge in [-0.3, -0.25) is 4.79 Å². The van der Waals surface area contributed by atoms with Crippen molar-refractivity contribution in [2.24, 2.45) is 5.92 Å². The highest BCUT2D eigenvalue weighted by Crippen LogP contribution is 2.30. The Labute approximate surface area is 129 Å². The van der Waals surface area contributed by atoms with Crippen molar-refractivity contribution in [3.05, 3.63) is 23.8 Å². The molecule has 22 heavy (non-hydrogen) atoms. The van der Waals surface area contributed by atoms with Crippen LogP contribution < -0.4 is 4.90 Å². The summed E-state index contributed by atoms with van der Waals surface area (Å²) < 4.78 is 5.84. The van der Waals surface area contributed by atoms with Crippen LogP contribution in [0.4, 0.5) is 6.01 Å². The lowest BCUT2D eigenvalue weighted by molar-refractivity contribution is -0.142. The van der Waals surface area contributed by atoms with E-state index in [0.29, 0.717) is 31.9 Å². The molecule has 0 spiro atoms. The number of fused-ring (bicyclic) bond motifs is 1. The first-order valence-electron chi connectivity index (χ1n) is 7.73. The maximum atomic E-state index is 11.0. The van der Waals surface area contributed by atoms with Gasteiger partial charge in [0.15, 0.2) is 5.58 Å². The van der Waals surface area contributed by atoms with Crippen LogP contribution in [0, 0.1) is 5.92 Å². The Balaban J connectivity index is 1.82. The normalized spacial score (nSPS) is 17.1. The Hall–Kier alpha value is -2.04. The van der Waals surface area contributed by atoms with Crippen LogP contribution in [-0.4, -0.2) is 29.1 Å². The maximum Gasteiger partial charge on any atom is 0.306 e. The number of anilines is 1. The number of hydrogen-bond acceptors (Lipinski definition) is 4. The van der Waals surface area contributed by atoms with E-state index >= 15 is 0 Å². The number of carbonyl (C=O) groups is 1. The maximum absolute atomic E-state index is 11.0. The standard InChI is InChI=1S/C17H22N2O3/c1-17(2,3)12-4-5-14-13(10-12)18-16(22-14)19-8-6-11(7-9-19)15(20)21/h4-5,10-11H,6-9H2,1-3H3,(H,20,21). The number of aliphatic carboxylic acids is 1. The molecule has 118 valence electrons. The largest absolute Gasteiger partial charge is 0.481 e. The van der Waals surface area contributed by atoms with Gasteiger partial charge in [-0.25, -0.2) is 0 Å². The van der Waals surface area contributed by atoms with E-state index in [1.165, 1.54) is 5.56 Å². The van der Waals surface area contributed by atoms with Gasteiger partial charge in [0.1, 0.15) is 5.52 Å². The van der Waals surface area contributed by atoms with Gasteiger partial charge in [0.25, 0.3) is 6.01 Å². The van der Waals surface area contributed by atoms with E-state index < -0.39 is 5.97 Å². The Morgan fingerprint density at radius 2 is 2.00 bits per heavy atom. The number of aromatic nitrogens is 1. The second kappa shape index (κ2) is 5.30. The van der Waals surface area contributed by atoms with Crippen molar-refractivity contribution in [3.8, 4) is 0 Å². The molecule has 1 aromatic carbocycles. The van der Waals surface area contributed by atoms with Gasteiger partial charge in [-0.1, -0.05) is 26.8 Å². The Morgan fingerprint density at radius 3 is 2.59 bits per heavy atom. The molecule has 0 amide bonds. The molecule has 3 rings (SSSR count). The minimum atomic E-state index is -0.702. The summed E-state index contributed by atoms with van der Waals surface area (Å²) in [6.07, 6.45) is 1.28. The van der Waals surface area contributed by atoms with Crippen LogP contribution in [-0.2, 0) is 10.2 Å². The summed E-state index contributed by atoms with van der Waals surface area (Å²) in [5, 5.41) is 9.06. The molecule has 5 heteroatoms. The van der Waals surface area contributed by atoms with E-state index in [2.05, 4.69) is 37.9 Å². The molecule has 0 atom stereocenters. The molecule has 1 N–H and O–H groups in total. The first kappa shape index (κ1) is 14.9. The average molecular weight is 302 g/mol. The predicted octanol–water partition coefficient (Wildman–Crippen LogP) is 3.43. The quantitative estimate of drug-likeness (QED) is 0.920. The molecule has 5 nitrogen and oxygen atoms in total. The summed E-state index contributed by atoms with van der Waals surface area (Å²) in [4.78, 5) is 17.6. The van der Waals surface area contributed by atoms with Gasteiger partial charge >= 0.3 is 5.97 Å². The van der Waals surface area contributed by atoms with Gasteiger partial charge in [-0.05, 0) is 36.0 Å². The number of oxazole rings is 1. The molecule has 1 aliphatic rings. The smallest absolute Gasteiger partial charge is 0.306 e. The number of carboxylic acid groups (broad SMARTS) is 1.